The molecule has 0 bridgehead atoms. The van der Waals surface area contributed by atoms with Gasteiger partial charge in [-0.1, -0.05) is 6.08 Å². The Bertz CT molecular complexity index is 406. The van der Waals surface area contributed by atoms with Crippen molar-refractivity contribution in [2.75, 3.05) is 0 Å². The van der Waals surface area contributed by atoms with Gasteiger partial charge in [0.2, 0.25) is 0 Å². The number of hydrogen-bond donors (Lipinski definition) is 0. The van der Waals surface area contributed by atoms with Gasteiger partial charge in [0.25, 0.3) is 0 Å². The molecular weight excluding hydrogens is 176 g/mol. The molecule has 2 aliphatic rings. The van der Waals surface area contributed by atoms with Crippen molar-refractivity contribution >= 4 is 5.78 Å². The number of rotatable bonds is 0. The highest BCUT2D eigenvalue weighted by Crippen LogP contribution is 2.40. The summed E-state index contributed by atoms with van der Waals surface area (Å²) in [7, 11) is 0. The van der Waals surface area contributed by atoms with Gasteiger partial charge in [0.15, 0.2) is 5.78 Å². The van der Waals surface area contributed by atoms with Crippen LogP contribution in [0.3, 0.4) is 0 Å². The molecule has 2 nitrogen and oxygen atoms in total. The van der Waals surface area contributed by atoms with Crippen LogP contribution in [-0.4, -0.2) is 11.4 Å². The molecule has 1 aliphatic carbocycles. The molecule has 0 spiro atoms. The molecule has 0 aromatic heterocycles. The van der Waals surface area contributed by atoms with Gasteiger partial charge in [0.1, 0.15) is 11.4 Å². The van der Waals surface area contributed by atoms with Crippen LogP contribution in [0.25, 0.3) is 0 Å². The van der Waals surface area contributed by atoms with Gasteiger partial charge >= 0.3 is 0 Å². The van der Waals surface area contributed by atoms with Gasteiger partial charge in [0.05, 0.1) is 5.57 Å². The number of carbonyl (C=O) groups excluding carboxylic acids is 1. The molecule has 0 N–H and O–H groups in total. The molecule has 0 fully saturated rings. The number of Topliss-reactive ketones (excluding diaryl/α,β-unsaturated/α-hetero) is 1. The number of allylic oxidation sites excluding steroid dienone is 4. The van der Waals surface area contributed by atoms with Crippen molar-refractivity contribution in [3.63, 3.8) is 0 Å². The smallest absolute Gasteiger partial charge is 0.192 e. The van der Waals surface area contributed by atoms with E-state index in [4.69, 9.17) is 4.74 Å². The van der Waals surface area contributed by atoms with Crippen LogP contribution in [0.15, 0.2) is 34.6 Å². The predicted molar refractivity (Wildman–Crippen MR) is 54.7 cm³/mol. The second-order valence-electron chi connectivity index (χ2n) is 4.32. The van der Waals surface area contributed by atoms with Crippen LogP contribution in [0, 0.1) is 0 Å². The summed E-state index contributed by atoms with van der Waals surface area (Å²) in [4.78, 5) is 11.9. The van der Waals surface area contributed by atoms with Crippen LogP contribution >= 0.6 is 0 Å². The molecule has 0 saturated heterocycles. The first kappa shape index (κ1) is 9.25. The van der Waals surface area contributed by atoms with Gasteiger partial charge in [-0.2, -0.15) is 0 Å². The van der Waals surface area contributed by atoms with Gasteiger partial charge in [-0.25, -0.2) is 0 Å². The summed E-state index contributed by atoms with van der Waals surface area (Å²) < 4.78 is 5.71. The number of hydrogen-bond acceptors (Lipinski definition) is 2. The van der Waals surface area contributed by atoms with Crippen molar-refractivity contribution in [2.24, 2.45) is 0 Å². The largest absolute Gasteiger partial charge is 0.483 e. The van der Waals surface area contributed by atoms with Crippen LogP contribution in [0.5, 0.6) is 0 Å². The van der Waals surface area contributed by atoms with Crippen LogP contribution in [0.2, 0.25) is 0 Å². The maximum Gasteiger partial charge on any atom is 0.192 e. The average molecular weight is 190 g/mol. The van der Waals surface area contributed by atoms with Gasteiger partial charge in [-0.3, -0.25) is 4.79 Å². The molecular formula is C12H14O2. The lowest BCUT2D eigenvalue weighted by Gasteiger charge is -2.20. The first-order chi connectivity index (χ1) is 6.43. The lowest BCUT2D eigenvalue weighted by molar-refractivity contribution is -0.112. The minimum atomic E-state index is -0.338. The molecule has 2 rings (SSSR count). The summed E-state index contributed by atoms with van der Waals surface area (Å²) in [6.07, 6.45) is 3.69. The van der Waals surface area contributed by atoms with Crippen molar-refractivity contribution in [3.8, 4) is 0 Å². The monoisotopic (exact) mass is 190 g/mol. The SMILES string of the molecule is CC1=CC=C2OC(C)(C)C(C)=C2C1=O. The summed E-state index contributed by atoms with van der Waals surface area (Å²) in [5.74, 6) is 0.827. The quantitative estimate of drug-likeness (QED) is 0.586. The average Bonchev–Trinajstić information content (AvgIpc) is 2.32. The number of carbonyl (C=O) groups is 1. The van der Waals surface area contributed by atoms with Crippen molar-refractivity contribution in [1.29, 1.82) is 0 Å². The van der Waals surface area contributed by atoms with E-state index in [0.717, 1.165) is 22.5 Å². The summed E-state index contributed by atoms with van der Waals surface area (Å²) in [5.41, 5.74) is 2.23. The molecule has 0 amide bonds. The fourth-order valence-corrected chi connectivity index (χ4v) is 1.76. The Hall–Kier alpha value is -1.31. The van der Waals surface area contributed by atoms with Crippen LogP contribution in [0.1, 0.15) is 27.7 Å². The Balaban J connectivity index is 2.59. The first-order valence-corrected chi connectivity index (χ1v) is 4.77. The van der Waals surface area contributed by atoms with E-state index in [9.17, 15) is 4.79 Å². The van der Waals surface area contributed by atoms with E-state index in [1.165, 1.54) is 0 Å². The summed E-state index contributed by atoms with van der Waals surface area (Å²) in [5, 5.41) is 0. The van der Waals surface area contributed by atoms with E-state index in [1.807, 2.05) is 39.8 Å². The Morgan fingerprint density at radius 3 is 2.50 bits per heavy atom. The fraction of sp³-hybridized carbons (Fsp3) is 0.417. The molecule has 74 valence electrons. The van der Waals surface area contributed by atoms with E-state index in [-0.39, 0.29) is 11.4 Å². The Labute approximate surface area is 83.9 Å². The predicted octanol–water partition coefficient (Wildman–Crippen LogP) is 2.52. The molecule has 2 heteroatoms. The Morgan fingerprint density at radius 2 is 1.86 bits per heavy atom. The normalized spacial score (nSPS) is 24.1. The zero-order chi connectivity index (χ0) is 10.5. The molecule has 1 heterocycles. The maximum atomic E-state index is 11.9. The zero-order valence-corrected chi connectivity index (χ0v) is 8.97. The third-order valence-electron chi connectivity index (χ3n) is 2.96. The molecule has 0 aromatic rings. The summed E-state index contributed by atoms with van der Waals surface area (Å²) in [6.45, 7) is 7.77. The van der Waals surface area contributed by atoms with Gasteiger partial charge < -0.3 is 4.74 Å². The van der Waals surface area contributed by atoms with Crippen molar-refractivity contribution in [2.45, 2.75) is 33.3 Å². The zero-order valence-electron chi connectivity index (χ0n) is 8.97. The minimum Gasteiger partial charge on any atom is -0.483 e. The minimum absolute atomic E-state index is 0.102. The van der Waals surface area contributed by atoms with E-state index >= 15 is 0 Å². The van der Waals surface area contributed by atoms with E-state index in [2.05, 4.69) is 0 Å². The second kappa shape index (κ2) is 2.59. The Morgan fingerprint density at radius 1 is 1.21 bits per heavy atom. The van der Waals surface area contributed by atoms with Crippen LogP contribution in [-0.2, 0) is 9.53 Å². The maximum absolute atomic E-state index is 11.9. The highest BCUT2D eigenvalue weighted by Gasteiger charge is 2.39. The van der Waals surface area contributed by atoms with Crippen LogP contribution < -0.4 is 0 Å². The summed E-state index contributed by atoms with van der Waals surface area (Å²) in [6, 6.07) is 0. The highest BCUT2D eigenvalue weighted by atomic mass is 16.5. The molecule has 1 aliphatic heterocycles. The number of ether oxygens (including phenoxy) is 1. The number of ketones is 1. The Kier molecular flexibility index (Phi) is 1.71. The second-order valence-corrected chi connectivity index (χ2v) is 4.32. The molecule has 0 unspecified atom stereocenters. The third kappa shape index (κ3) is 1.07. The van der Waals surface area contributed by atoms with Crippen molar-refractivity contribution < 1.29 is 9.53 Å². The highest BCUT2D eigenvalue weighted by molar-refractivity contribution is 6.12. The third-order valence-corrected chi connectivity index (χ3v) is 2.96. The topological polar surface area (TPSA) is 26.3 Å². The van der Waals surface area contributed by atoms with Gasteiger partial charge in [-0.05, 0) is 44.9 Å². The lowest BCUT2D eigenvalue weighted by Crippen LogP contribution is -2.19. The van der Waals surface area contributed by atoms with Crippen molar-refractivity contribution in [3.05, 3.63) is 34.6 Å². The van der Waals surface area contributed by atoms with E-state index < -0.39 is 0 Å². The number of fused-ring (bicyclic) bond motifs is 1. The molecule has 0 atom stereocenters. The first-order valence-electron chi connectivity index (χ1n) is 4.77. The van der Waals surface area contributed by atoms with Crippen LogP contribution in [0.4, 0.5) is 0 Å². The molecule has 0 aromatic carbocycles. The molecule has 14 heavy (non-hydrogen) atoms. The van der Waals surface area contributed by atoms with Gasteiger partial charge in [0, 0.05) is 0 Å². The standard InChI is InChI=1S/C12H14O2/c1-7-5-6-9-10(11(7)13)8(2)12(3,4)14-9/h5-6H,1-4H3. The lowest BCUT2D eigenvalue weighted by atomic mass is 9.90. The van der Waals surface area contributed by atoms with E-state index in [1.54, 1.807) is 0 Å². The van der Waals surface area contributed by atoms with E-state index in [0.29, 0.717) is 0 Å². The summed E-state index contributed by atoms with van der Waals surface area (Å²) >= 11 is 0. The fourth-order valence-electron chi connectivity index (χ4n) is 1.76. The molecule has 0 saturated carbocycles. The molecule has 0 radical (unpaired) electrons. The van der Waals surface area contributed by atoms with Gasteiger partial charge in [-0.15, -0.1) is 0 Å². The van der Waals surface area contributed by atoms with Crippen molar-refractivity contribution in [1.82, 2.24) is 0 Å².